The number of rotatable bonds is 4. The number of nitrogens with zero attached hydrogens (tertiary/aromatic N) is 3. The standard InChI is InChI=1S/C25H29BrN4O3/c1-16-12-17(2)15-29(14-16)25(33)20-13-19(26)5-6-21(20)28-23(31)22-4-3-11-30(22)24(32)18-7-9-27-10-8-18/h5-10,13,16-17,22H,3-4,11-12,14-15H2,1-2H3,(H,28,31)/t16-,17+,22-/m0/s1. The molecule has 0 spiro atoms. The third-order valence-electron chi connectivity index (χ3n) is 6.37. The predicted molar refractivity (Wildman–Crippen MR) is 130 cm³/mol. The lowest BCUT2D eigenvalue weighted by Gasteiger charge is -2.35. The van der Waals surface area contributed by atoms with Gasteiger partial charge in [-0.05, 0) is 61.4 Å². The van der Waals surface area contributed by atoms with Crippen LogP contribution in [0.2, 0.25) is 0 Å². The lowest BCUT2D eigenvalue weighted by atomic mass is 9.91. The van der Waals surface area contributed by atoms with Gasteiger partial charge in [-0.1, -0.05) is 29.8 Å². The van der Waals surface area contributed by atoms with Crippen molar-refractivity contribution in [2.45, 2.75) is 39.2 Å². The summed E-state index contributed by atoms with van der Waals surface area (Å²) >= 11 is 3.46. The summed E-state index contributed by atoms with van der Waals surface area (Å²) < 4.78 is 0.775. The van der Waals surface area contributed by atoms with Gasteiger partial charge in [0.15, 0.2) is 0 Å². The van der Waals surface area contributed by atoms with E-state index < -0.39 is 6.04 Å². The number of aromatic nitrogens is 1. The zero-order valence-corrected chi connectivity index (χ0v) is 20.5. The van der Waals surface area contributed by atoms with Crippen LogP contribution in [-0.2, 0) is 4.79 Å². The molecule has 174 valence electrons. The summed E-state index contributed by atoms with van der Waals surface area (Å²) in [7, 11) is 0. The summed E-state index contributed by atoms with van der Waals surface area (Å²) in [6, 6.07) is 8.05. The van der Waals surface area contributed by atoms with E-state index in [9.17, 15) is 14.4 Å². The molecule has 2 aliphatic rings. The van der Waals surface area contributed by atoms with Gasteiger partial charge in [-0.25, -0.2) is 0 Å². The molecule has 0 aliphatic carbocycles. The second kappa shape index (κ2) is 10.0. The third-order valence-corrected chi connectivity index (χ3v) is 6.86. The molecule has 3 heterocycles. The lowest BCUT2D eigenvalue weighted by Crippen LogP contribution is -2.44. The SMILES string of the molecule is C[C@@H]1C[C@H](C)CN(C(=O)c2cc(Br)ccc2NC(=O)[C@@H]2CCCN2C(=O)c2ccncc2)C1. The fraction of sp³-hybridized carbons (Fsp3) is 0.440. The van der Waals surface area contributed by atoms with E-state index in [2.05, 4.69) is 40.1 Å². The van der Waals surface area contributed by atoms with Crippen LogP contribution in [0, 0.1) is 11.8 Å². The Morgan fingerprint density at radius 1 is 1.03 bits per heavy atom. The van der Waals surface area contributed by atoms with Crippen molar-refractivity contribution in [3.05, 3.63) is 58.3 Å². The number of hydrogen-bond acceptors (Lipinski definition) is 4. The maximum atomic E-state index is 13.4. The smallest absolute Gasteiger partial charge is 0.256 e. The minimum Gasteiger partial charge on any atom is -0.338 e. The summed E-state index contributed by atoms with van der Waals surface area (Å²) in [4.78, 5) is 47.1. The largest absolute Gasteiger partial charge is 0.338 e. The molecule has 0 radical (unpaired) electrons. The van der Waals surface area contributed by atoms with Crippen LogP contribution in [0.3, 0.4) is 0 Å². The molecule has 2 saturated heterocycles. The van der Waals surface area contributed by atoms with Gasteiger partial charge in [-0.3, -0.25) is 19.4 Å². The monoisotopic (exact) mass is 512 g/mol. The Morgan fingerprint density at radius 3 is 2.42 bits per heavy atom. The molecule has 1 aromatic heterocycles. The zero-order chi connectivity index (χ0) is 23.5. The number of piperidine rings is 1. The van der Waals surface area contributed by atoms with Crippen molar-refractivity contribution >= 4 is 39.3 Å². The maximum absolute atomic E-state index is 13.4. The molecular weight excluding hydrogens is 484 g/mol. The molecule has 3 atom stereocenters. The number of pyridine rings is 1. The van der Waals surface area contributed by atoms with E-state index in [4.69, 9.17) is 0 Å². The van der Waals surface area contributed by atoms with Gasteiger partial charge in [-0.15, -0.1) is 0 Å². The first-order chi connectivity index (χ1) is 15.8. The summed E-state index contributed by atoms with van der Waals surface area (Å²) in [6.07, 6.45) is 5.59. The minimum absolute atomic E-state index is 0.0823. The molecule has 4 rings (SSSR count). The highest BCUT2D eigenvalue weighted by Gasteiger charge is 2.35. The molecule has 3 amide bonds. The van der Waals surface area contributed by atoms with Gasteiger partial charge < -0.3 is 15.1 Å². The fourth-order valence-electron chi connectivity index (χ4n) is 4.96. The Hall–Kier alpha value is -2.74. The van der Waals surface area contributed by atoms with Crippen molar-refractivity contribution in [1.29, 1.82) is 0 Å². The molecule has 2 fully saturated rings. The van der Waals surface area contributed by atoms with Crippen LogP contribution in [0.1, 0.15) is 53.8 Å². The molecule has 0 saturated carbocycles. The highest BCUT2D eigenvalue weighted by Crippen LogP contribution is 2.28. The van der Waals surface area contributed by atoms with Crippen LogP contribution in [0.15, 0.2) is 47.2 Å². The molecule has 2 aromatic rings. The van der Waals surface area contributed by atoms with Crippen LogP contribution in [0.4, 0.5) is 5.69 Å². The van der Waals surface area contributed by atoms with Gasteiger partial charge in [0.2, 0.25) is 5.91 Å². The number of carbonyl (C=O) groups is 3. The van der Waals surface area contributed by atoms with Crippen LogP contribution < -0.4 is 5.32 Å². The molecule has 1 aromatic carbocycles. The fourth-order valence-corrected chi connectivity index (χ4v) is 5.32. The quantitative estimate of drug-likeness (QED) is 0.665. The van der Waals surface area contributed by atoms with Gasteiger partial charge >= 0.3 is 0 Å². The van der Waals surface area contributed by atoms with Crippen LogP contribution in [0.5, 0.6) is 0 Å². The van der Waals surface area contributed by atoms with Crippen molar-refractivity contribution in [2.24, 2.45) is 11.8 Å². The average Bonchev–Trinajstić information content (AvgIpc) is 3.29. The highest BCUT2D eigenvalue weighted by atomic mass is 79.9. The number of carbonyl (C=O) groups excluding carboxylic acids is 3. The van der Waals surface area contributed by atoms with Gasteiger partial charge in [0, 0.05) is 42.1 Å². The number of halogens is 1. The molecular formula is C25H29BrN4O3. The first kappa shape index (κ1) is 23.4. The molecule has 8 heteroatoms. The maximum Gasteiger partial charge on any atom is 0.256 e. The zero-order valence-electron chi connectivity index (χ0n) is 19.0. The minimum atomic E-state index is -0.577. The molecule has 0 bridgehead atoms. The van der Waals surface area contributed by atoms with Gasteiger partial charge in [0.05, 0.1) is 11.3 Å². The number of nitrogens with one attached hydrogen (secondary N) is 1. The van der Waals surface area contributed by atoms with E-state index in [1.807, 2.05) is 11.0 Å². The van der Waals surface area contributed by atoms with E-state index >= 15 is 0 Å². The van der Waals surface area contributed by atoms with Crippen molar-refractivity contribution in [3.8, 4) is 0 Å². The number of hydrogen-bond donors (Lipinski definition) is 1. The number of benzene rings is 1. The molecule has 1 N–H and O–H groups in total. The Bertz CT molecular complexity index is 1040. The third kappa shape index (κ3) is 5.27. The van der Waals surface area contributed by atoms with Crippen molar-refractivity contribution in [1.82, 2.24) is 14.8 Å². The van der Waals surface area contributed by atoms with Gasteiger partial charge in [0.1, 0.15) is 6.04 Å². The lowest BCUT2D eigenvalue weighted by molar-refractivity contribution is -0.119. The summed E-state index contributed by atoms with van der Waals surface area (Å²) in [5.74, 6) is 0.342. The highest BCUT2D eigenvalue weighted by molar-refractivity contribution is 9.10. The first-order valence-corrected chi connectivity index (χ1v) is 12.2. The van der Waals surface area contributed by atoms with Crippen LogP contribution >= 0.6 is 15.9 Å². The van der Waals surface area contributed by atoms with E-state index in [0.29, 0.717) is 54.7 Å². The second-order valence-corrected chi connectivity index (χ2v) is 10.1. The van der Waals surface area contributed by atoms with Crippen LogP contribution in [0.25, 0.3) is 0 Å². The Morgan fingerprint density at radius 2 is 1.73 bits per heavy atom. The summed E-state index contributed by atoms with van der Waals surface area (Å²) in [6.45, 7) is 6.26. The first-order valence-electron chi connectivity index (χ1n) is 11.4. The normalized spacial score (nSPS) is 22.8. The van der Waals surface area contributed by atoms with Gasteiger partial charge in [-0.2, -0.15) is 0 Å². The Balaban J connectivity index is 1.53. The Kier molecular flexibility index (Phi) is 7.12. The van der Waals surface area contributed by atoms with E-state index in [1.165, 1.54) is 0 Å². The molecule has 7 nitrogen and oxygen atoms in total. The van der Waals surface area contributed by atoms with Crippen LogP contribution in [-0.4, -0.2) is 58.2 Å². The van der Waals surface area contributed by atoms with Crippen molar-refractivity contribution < 1.29 is 14.4 Å². The second-order valence-electron chi connectivity index (χ2n) is 9.23. The van der Waals surface area contributed by atoms with Gasteiger partial charge in [0.25, 0.3) is 11.8 Å². The average molecular weight is 513 g/mol. The topological polar surface area (TPSA) is 82.6 Å². The van der Waals surface area contributed by atoms with Crippen molar-refractivity contribution in [2.75, 3.05) is 25.0 Å². The summed E-state index contributed by atoms with van der Waals surface area (Å²) in [5, 5.41) is 2.94. The number of anilines is 1. The molecule has 33 heavy (non-hydrogen) atoms. The molecule has 0 unspecified atom stereocenters. The van der Waals surface area contributed by atoms with E-state index in [0.717, 1.165) is 17.3 Å². The van der Waals surface area contributed by atoms with E-state index in [-0.39, 0.29) is 17.7 Å². The predicted octanol–water partition coefficient (Wildman–Crippen LogP) is 4.21. The number of likely N-dealkylation sites (tertiary alicyclic amines) is 2. The summed E-state index contributed by atoms with van der Waals surface area (Å²) in [5.41, 5.74) is 1.45. The molecule has 2 aliphatic heterocycles. The van der Waals surface area contributed by atoms with E-state index in [1.54, 1.807) is 41.6 Å². The van der Waals surface area contributed by atoms with Crippen molar-refractivity contribution in [3.63, 3.8) is 0 Å². The number of amides is 3. The Labute approximate surface area is 202 Å².